The second-order valence-electron chi connectivity index (χ2n) is 6.44. The number of amides is 1. The highest BCUT2D eigenvalue weighted by molar-refractivity contribution is 5.75. The van der Waals surface area contributed by atoms with E-state index in [0.29, 0.717) is 24.3 Å². The van der Waals surface area contributed by atoms with Crippen LogP contribution >= 0.6 is 0 Å². The minimum absolute atomic E-state index is 0.245. The number of hydrogen-bond donors (Lipinski definition) is 2. The zero-order valence-electron chi connectivity index (χ0n) is 12.5. The molecule has 2 rings (SSSR count). The van der Waals surface area contributed by atoms with Crippen LogP contribution in [0.5, 0.6) is 0 Å². The van der Waals surface area contributed by atoms with Gasteiger partial charge in [-0.1, -0.05) is 0 Å². The van der Waals surface area contributed by atoms with E-state index in [2.05, 4.69) is 29.4 Å². The van der Waals surface area contributed by atoms with Crippen molar-refractivity contribution in [3.8, 4) is 0 Å². The molecule has 2 atom stereocenters. The van der Waals surface area contributed by atoms with Gasteiger partial charge in [0.15, 0.2) is 0 Å². The Labute approximate surface area is 117 Å². The van der Waals surface area contributed by atoms with Crippen molar-refractivity contribution in [3.05, 3.63) is 0 Å². The molecule has 2 aliphatic heterocycles. The Balaban J connectivity index is 1.56. The zero-order valence-corrected chi connectivity index (χ0v) is 12.5. The Kier molecular flexibility index (Phi) is 5.64. The Morgan fingerprint density at radius 1 is 1.37 bits per heavy atom. The molecule has 2 heterocycles. The highest BCUT2D eigenvalue weighted by Crippen LogP contribution is 2.18. The molecule has 0 aromatic carbocycles. The van der Waals surface area contributed by atoms with Crippen molar-refractivity contribution in [2.45, 2.75) is 45.6 Å². The minimum atomic E-state index is 0.245. The van der Waals surface area contributed by atoms with E-state index in [9.17, 15) is 4.79 Å². The molecular formula is C15H29N3O. The van der Waals surface area contributed by atoms with Gasteiger partial charge in [0.25, 0.3) is 0 Å². The fourth-order valence-corrected chi connectivity index (χ4v) is 3.14. The van der Waals surface area contributed by atoms with Crippen LogP contribution in [0, 0.1) is 11.8 Å². The molecule has 0 aromatic heterocycles. The van der Waals surface area contributed by atoms with Gasteiger partial charge in [-0.3, -0.25) is 4.79 Å². The third-order valence-corrected chi connectivity index (χ3v) is 4.58. The van der Waals surface area contributed by atoms with Crippen LogP contribution in [0.15, 0.2) is 0 Å². The molecule has 2 N–H and O–H groups in total. The molecule has 0 aromatic rings. The van der Waals surface area contributed by atoms with Crippen molar-refractivity contribution in [2.75, 3.05) is 32.7 Å². The summed E-state index contributed by atoms with van der Waals surface area (Å²) < 4.78 is 0. The normalized spacial score (nSPS) is 28.2. The van der Waals surface area contributed by atoms with Crippen molar-refractivity contribution in [1.29, 1.82) is 0 Å². The fourth-order valence-electron chi connectivity index (χ4n) is 3.14. The molecule has 0 radical (unpaired) electrons. The summed E-state index contributed by atoms with van der Waals surface area (Å²) in [6.45, 7) is 9.91. The molecule has 0 bridgehead atoms. The van der Waals surface area contributed by atoms with E-state index >= 15 is 0 Å². The summed E-state index contributed by atoms with van der Waals surface area (Å²) in [5, 5.41) is 6.47. The fraction of sp³-hybridized carbons (Fsp3) is 0.933. The van der Waals surface area contributed by atoms with Crippen molar-refractivity contribution < 1.29 is 4.79 Å². The van der Waals surface area contributed by atoms with E-state index in [0.717, 1.165) is 32.6 Å². The maximum absolute atomic E-state index is 11.8. The van der Waals surface area contributed by atoms with Gasteiger partial charge in [0.2, 0.25) is 5.91 Å². The highest BCUT2D eigenvalue weighted by Gasteiger charge is 2.24. The lowest BCUT2D eigenvalue weighted by Gasteiger charge is -2.20. The average molecular weight is 267 g/mol. The Bertz CT molecular complexity index is 287. The van der Waals surface area contributed by atoms with Gasteiger partial charge >= 0.3 is 0 Å². The second-order valence-corrected chi connectivity index (χ2v) is 6.44. The first-order valence-electron chi connectivity index (χ1n) is 7.86. The van der Waals surface area contributed by atoms with Gasteiger partial charge in [0.05, 0.1) is 0 Å². The average Bonchev–Trinajstić information content (AvgIpc) is 3.05. The van der Waals surface area contributed by atoms with E-state index in [1.54, 1.807) is 0 Å². The highest BCUT2D eigenvalue weighted by atomic mass is 16.1. The molecule has 0 spiro atoms. The lowest BCUT2D eigenvalue weighted by molar-refractivity contribution is -0.121. The molecule has 19 heavy (non-hydrogen) atoms. The molecule has 2 unspecified atom stereocenters. The maximum Gasteiger partial charge on any atom is 0.220 e. The summed E-state index contributed by atoms with van der Waals surface area (Å²) in [5.74, 6) is 1.61. The molecule has 0 aliphatic carbocycles. The van der Waals surface area contributed by atoms with Gasteiger partial charge in [-0.05, 0) is 64.6 Å². The first-order valence-corrected chi connectivity index (χ1v) is 7.86. The number of carbonyl (C=O) groups excluding carboxylic acids is 1. The number of carbonyl (C=O) groups is 1. The summed E-state index contributed by atoms with van der Waals surface area (Å²) in [6.07, 6.45) is 4.21. The third-order valence-electron chi connectivity index (χ3n) is 4.58. The molecule has 4 heteroatoms. The van der Waals surface area contributed by atoms with E-state index in [-0.39, 0.29) is 5.91 Å². The van der Waals surface area contributed by atoms with Crippen LogP contribution in [-0.4, -0.2) is 49.6 Å². The van der Waals surface area contributed by atoms with Gasteiger partial charge in [-0.2, -0.15) is 0 Å². The Morgan fingerprint density at radius 2 is 2.21 bits per heavy atom. The first-order chi connectivity index (χ1) is 9.15. The summed E-state index contributed by atoms with van der Waals surface area (Å²) >= 11 is 0. The van der Waals surface area contributed by atoms with E-state index in [4.69, 9.17) is 0 Å². The smallest absolute Gasteiger partial charge is 0.220 e. The number of hydrogen-bond acceptors (Lipinski definition) is 3. The van der Waals surface area contributed by atoms with Crippen LogP contribution in [0.4, 0.5) is 0 Å². The summed E-state index contributed by atoms with van der Waals surface area (Å²) in [6, 6.07) is 0.635. The molecule has 2 aliphatic rings. The van der Waals surface area contributed by atoms with Crippen LogP contribution in [0.25, 0.3) is 0 Å². The number of rotatable bonds is 6. The van der Waals surface area contributed by atoms with E-state index in [1.807, 2.05) is 0 Å². The van der Waals surface area contributed by atoms with Gasteiger partial charge in [-0.15, -0.1) is 0 Å². The predicted octanol–water partition coefficient (Wildman–Crippen LogP) is 1.22. The largest absolute Gasteiger partial charge is 0.356 e. The standard InChI is InChI=1S/C15H29N3O/c1-12(2)18-8-6-14(11-18)10-17-15(19)4-3-13-5-7-16-9-13/h12-14,16H,3-11H2,1-2H3,(H,17,19). The van der Waals surface area contributed by atoms with Gasteiger partial charge in [-0.25, -0.2) is 0 Å². The molecular weight excluding hydrogens is 238 g/mol. The summed E-state index contributed by atoms with van der Waals surface area (Å²) in [4.78, 5) is 14.3. The van der Waals surface area contributed by atoms with Crippen molar-refractivity contribution >= 4 is 5.91 Å². The molecule has 110 valence electrons. The minimum Gasteiger partial charge on any atom is -0.356 e. The van der Waals surface area contributed by atoms with E-state index < -0.39 is 0 Å². The van der Waals surface area contributed by atoms with Crippen molar-refractivity contribution in [1.82, 2.24) is 15.5 Å². The van der Waals surface area contributed by atoms with Crippen LogP contribution in [0.2, 0.25) is 0 Å². The van der Waals surface area contributed by atoms with Gasteiger partial charge in [0, 0.05) is 25.6 Å². The molecule has 1 amide bonds. The topological polar surface area (TPSA) is 44.4 Å². The van der Waals surface area contributed by atoms with E-state index in [1.165, 1.54) is 19.4 Å². The van der Waals surface area contributed by atoms with Gasteiger partial charge in [0.1, 0.15) is 0 Å². The van der Waals surface area contributed by atoms with Crippen LogP contribution in [-0.2, 0) is 4.79 Å². The monoisotopic (exact) mass is 267 g/mol. The van der Waals surface area contributed by atoms with Crippen molar-refractivity contribution in [3.63, 3.8) is 0 Å². The first kappa shape index (κ1) is 14.8. The molecule has 0 saturated carbocycles. The summed E-state index contributed by atoms with van der Waals surface area (Å²) in [7, 11) is 0. The lowest BCUT2D eigenvalue weighted by atomic mass is 10.0. The predicted molar refractivity (Wildman–Crippen MR) is 78.0 cm³/mol. The molecule has 2 saturated heterocycles. The Hall–Kier alpha value is -0.610. The zero-order chi connectivity index (χ0) is 13.7. The quantitative estimate of drug-likeness (QED) is 0.760. The summed E-state index contributed by atoms with van der Waals surface area (Å²) in [5.41, 5.74) is 0. The van der Waals surface area contributed by atoms with Crippen LogP contribution < -0.4 is 10.6 Å². The third kappa shape index (κ3) is 4.77. The molecule has 4 nitrogen and oxygen atoms in total. The number of nitrogens with one attached hydrogen (secondary N) is 2. The molecule has 2 fully saturated rings. The van der Waals surface area contributed by atoms with Crippen molar-refractivity contribution in [2.24, 2.45) is 11.8 Å². The van der Waals surface area contributed by atoms with Crippen LogP contribution in [0.1, 0.15) is 39.5 Å². The van der Waals surface area contributed by atoms with Gasteiger partial charge < -0.3 is 15.5 Å². The SMILES string of the molecule is CC(C)N1CCC(CNC(=O)CCC2CCNC2)C1. The van der Waals surface area contributed by atoms with Crippen LogP contribution in [0.3, 0.4) is 0 Å². The number of nitrogens with zero attached hydrogens (tertiary/aromatic N) is 1. The second kappa shape index (κ2) is 7.25. The lowest BCUT2D eigenvalue weighted by Crippen LogP contribution is -2.33. The number of likely N-dealkylation sites (tertiary alicyclic amines) is 1. The Morgan fingerprint density at radius 3 is 2.84 bits per heavy atom. The maximum atomic E-state index is 11.8.